The van der Waals surface area contributed by atoms with Crippen molar-refractivity contribution in [1.29, 1.82) is 0 Å². The monoisotopic (exact) mass is 451 g/mol. The molecule has 1 fully saturated rings. The average Bonchev–Trinajstić information content (AvgIpc) is 2.61. The van der Waals surface area contributed by atoms with Gasteiger partial charge in [0.2, 0.25) is 6.29 Å². The molecule has 5 atom stereocenters. The Kier molecular flexibility index (Phi) is 12.7. The second kappa shape index (κ2) is 13.5. The number of rotatable bonds is 9. The van der Waals surface area contributed by atoms with Gasteiger partial charge in [-0.25, -0.2) is 0 Å². The van der Waals surface area contributed by atoms with E-state index in [2.05, 4.69) is 0 Å². The van der Waals surface area contributed by atoms with E-state index in [1.165, 1.54) is 21.1 Å². The summed E-state index contributed by atoms with van der Waals surface area (Å²) >= 11 is 0. The SMILES string of the molecule is COP(OC)O[C@H]1O[C@H](COC(C)=O)[C@@H](OC(C)=O)[C@H](OC(C)=O)[C@H]1OC(C)=O.[B]. The van der Waals surface area contributed by atoms with Gasteiger partial charge in [-0.05, 0) is 0 Å². The molecule has 0 unspecified atom stereocenters. The zero-order valence-electron chi connectivity index (χ0n) is 17.5. The van der Waals surface area contributed by atoms with Gasteiger partial charge in [-0.1, -0.05) is 0 Å². The first-order chi connectivity index (χ1) is 13.6. The second-order valence-electron chi connectivity index (χ2n) is 5.76. The maximum absolute atomic E-state index is 11.7. The molecule has 3 radical (unpaired) electrons. The Morgan fingerprint density at radius 1 is 0.767 bits per heavy atom. The zero-order valence-corrected chi connectivity index (χ0v) is 18.4. The predicted molar refractivity (Wildman–Crippen MR) is 99.7 cm³/mol. The van der Waals surface area contributed by atoms with Crippen molar-refractivity contribution in [2.75, 3.05) is 20.8 Å². The highest BCUT2D eigenvalue weighted by Crippen LogP contribution is 2.42. The van der Waals surface area contributed by atoms with E-state index in [0.29, 0.717) is 0 Å². The Morgan fingerprint density at radius 2 is 1.23 bits per heavy atom. The molecule has 0 aliphatic carbocycles. The molecule has 0 N–H and O–H groups in total. The lowest BCUT2D eigenvalue weighted by atomic mass is 9.98. The fourth-order valence-electron chi connectivity index (χ4n) is 2.52. The van der Waals surface area contributed by atoms with Crippen molar-refractivity contribution in [3.8, 4) is 0 Å². The van der Waals surface area contributed by atoms with Crippen molar-refractivity contribution in [3.63, 3.8) is 0 Å². The first-order valence-corrected chi connectivity index (χ1v) is 9.54. The largest absolute Gasteiger partial charge is 0.463 e. The molecule has 0 aromatic carbocycles. The summed E-state index contributed by atoms with van der Waals surface area (Å²) in [7, 11) is 0.726. The Labute approximate surface area is 177 Å². The van der Waals surface area contributed by atoms with Crippen LogP contribution in [-0.4, -0.2) is 83.8 Å². The van der Waals surface area contributed by atoms with Crippen molar-refractivity contribution < 1.29 is 56.4 Å². The van der Waals surface area contributed by atoms with Crippen LogP contribution in [0.2, 0.25) is 0 Å². The number of carbonyl (C=O) groups is 4. The maximum atomic E-state index is 11.7. The average molecular weight is 451 g/mol. The highest BCUT2D eigenvalue weighted by Gasteiger charge is 2.53. The molecule has 1 rings (SSSR count). The van der Waals surface area contributed by atoms with Gasteiger partial charge in [0.25, 0.3) is 0 Å². The maximum Gasteiger partial charge on any atom is 0.334 e. The Balaban J connectivity index is 0.00000841. The highest BCUT2D eigenvalue weighted by molar-refractivity contribution is 7.41. The molecular formula is C16H25BO12P. The number of carbonyl (C=O) groups excluding carboxylic acids is 4. The number of hydrogen-bond acceptors (Lipinski definition) is 12. The van der Waals surface area contributed by atoms with Crippen LogP contribution in [0.25, 0.3) is 0 Å². The summed E-state index contributed by atoms with van der Waals surface area (Å²) < 4.78 is 42.0. The van der Waals surface area contributed by atoms with E-state index in [9.17, 15) is 19.2 Å². The minimum Gasteiger partial charge on any atom is -0.463 e. The number of esters is 4. The minimum absolute atomic E-state index is 0. The van der Waals surface area contributed by atoms with E-state index >= 15 is 0 Å². The van der Waals surface area contributed by atoms with Crippen LogP contribution in [0.3, 0.4) is 0 Å². The normalized spacial score (nSPS) is 25.6. The van der Waals surface area contributed by atoms with E-state index in [-0.39, 0.29) is 15.0 Å². The van der Waals surface area contributed by atoms with Crippen molar-refractivity contribution in [1.82, 2.24) is 0 Å². The van der Waals surface area contributed by atoms with Crippen LogP contribution in [0, 0.1) is 0 Å². The third kappa shape index (κ3) is 8.92. The van der Waals surface area contributed by atoms with Crippen molar-refractivity contribution >= 4 is 40.9 Å². The first-order valence-electron chi connectivity index (χ1n) is 8.44. The molecule has 12 nitrogen and oxygen atoms in total. The summed E-state index contributed by atoms with van der Waals surface area (Å²) in [5, 5.41) is 0. The minimum atomic E-state index is -1.91. The van der Waals surface area contributed by atoms with Gasteiger partial charge in [-0.3, -0.25) is 23.7 Å². The quantitative estimate of drug-likeness (QED) is 0.205. The molecule has 0 bridgehead atoms. The second-order valence-corrected chi connectivity index (χ2v) is 7.15. The first kappa shape index (κ1) is 28.2. The van der Waals surface area contributed by atoms with E-state index in [0.717, 1.165) is 20.8 Å². The van der Waals surface area contributed by atoms with E-state index in [1.807, 2.05) is 0 Å². The molecule has 14 heteroatoms. The Bertz CT molecular complexity index is 599. The summed E-state index contributed by atoms with van der Waals surface area (Å²) in [6.45, 7) is 4.21. The number of ether oxygens (including phenoxy) is 5. The van der Waals surface area contributed by atoms with Gasteiger partial charge in [0, 0.05) is 50.3 Å². The lowest BCUT2D eigenvalue weighted by Crippen LogP contribution is -2.62. The molecule has 0 saturated carbocycles. The zero-order chi connectivity index (χ0) is 22.1. The van der Waals surface area contributed by atoms with Crippen LogP contribution in [0.5, 0.6) is 0 Å². The molecule has 1 heterocycles. The van der Waals surface area contributed by atoms with E-state index in [1.54, 1.807) is 0 Å². The molecule has 0 amide bonds. The van der Waals surface area contributed by atoms with Crippen LogP contribution in [-0.2, 0) is 56.4 Å². The predicted octanol–water partition coefficient (Wildman–Crippen LogP) is 0.225. The molecule has 0 aromatic heterocycles. The van der Waals surface area contributed by atoms with E-state index in [4.69, 9.17) is 37.3 Å². The van der Waals surface area contributed by atoms with Gasteiger partial charge in [0.15, 0.2) is 18.3 Å². The van der Waals surface area contributed by atoms with Gasteiger partial charge >= 0.3 is 32.5 Å². The van der Waals surface area contributed by atoms with Gasteiger partial charge < -0.3 is 32.7 Å². The van der Waals surface area contributed by atoms with Gasteiger partial charge in [-0.2, -0.15) is 0 Å². The van der Waals surface area contributed by atoms with E-state index < -0.39 is 63.2 Å². The highest BCUT2D eigenvalue weighted by atomic mass is 31.2. The third-order valence-electron chi connectivity index (χ3n) is 3.44. The van der Waals surface area contributed by atoms with Crippen molar-refractivity contribution in [2.24, 2.45) is 0 Å². The van der Waals surface area contributed by atoms with Crippen LogP contribution in [0.15, 0.2) is 0 Å². The molecule has 0 spiro atoms. The molecule has 1 aliphatic rings. The smallest absolute Gasteiger partial charge is 0.334 e. The Morgan fingerprint density at radius 3 is 1.67 bits per heavy atom. The third-order valence-corrected chi connectivity index (χ3v) is 4.41. The van der Waals surface area contributed by atoms with Gasteiger partial charge in [0.05, 0.1) is 0 Å². The summed E-state index contributed by atoms with van der Waals surface area (Å²) in [5.41, 5.74) is 0. The Hall–Kier alpha value is -1.79. The molecule has 30 heavy (non-hydrogen) atoms. The molecule has 0 aromatic rings. The van der Waals surface area contributed by atoms with Crippen molar-refractivity contribution in [3.05, 3.63) is 0 Å². The summed E-state index contributed by atoms with van der Waals surface area (Å²) in [6, 6.07) is 0. The molecular weight excluding hydrogens is 426 g/mol. The van der Waals surface area contributed by atoms with Crippen LogP contribution < -0.4 is 0 Å². The van der Waals surface area contributed by atoms with Crippen molar-refractivity contribution in [2.45, 2.75) is 58.4 Å². The molecule has 169 valence electrons. The lowest BCUT2D eigenvalue weighted by Gasteiger charge is -2.44. The summed E-state index contributed by atoms with van der Waals surface area (Å²) in [5.74, 6) is -2.81. The van der Waals surface area contributed by atoms with Crippen LogP contribution in [0.4, 0.5) is 0 Å². The van der Waals surface area contributed by atoms with Crippen LogP contribution >= 0.6 is 8.60 Å². The fourth-order valence-corrected chi connectivity index (χ4v) is 3.18. The van der Waals surface area contributed by atoms with Crippen LogP contribution in [0.1, 0.15) is 27.7 Å². The molecule has 1 saturated heterocycles. The number of hydrogen-bond donors (Lipinski definition) is 0. The summed E-state index contributed by atoms with van der Waals surface area (Å²) in [4.78, 5) is 46.1. The lowest BCUT2D eigenvalue weighted by molar-refractivity contribution is -0.290. The molecule has 1 aliphatic heterocycles. The van der Waals surface area contributed by atoms with Gasteiger partial charge in [0.1, 0.15) is 12.7 Å². The summed E-state index contributed by atoms with van der Waals surface area (Å²) in [6.07, 6.45) is -6.35. The topological polar surface area (TPSA) is 142 Å². The fraction of sp³-hybridized carbons (Fsp3) is 0.750. The van der Waals surface area contributed by atoms with Gasteiger partial charge in [-0.15, -0.1) is 0 Å². The standard InChI is InChI=1S/C16H25O12P.B/c1-8(17)23-7-12-13(24-9(2)18)14(25-10(3)19)15(26-11(4)20)16(27-12)28-29(21-5)22-6;/h12-16H,7H2,1-6H3;/t12-,13-,14+,15-,16-;/m1./s1.